The molecule has 0 aliphatic carbocycles. The van der Waals surface area contributed by atoms with Crippen molar-refractivity contribution in [2.75, 3.05) is 10.5 Å². The number of nitrogens with one attached hydrogen (secondary N) is 1. The lowest BCUT2D eigenvalue weighted by Crippen LogP contribution is -2.16. The maximum atomic E-state index is 13.4. The molecule has 0 saturated carbocycles. The van der Waals surface area contributed by atoms with Gasteiger partial charge in [-0.05, 0) is 37.3 Å². The van der Waals surface area contributed by atoms with Crippen LogP contribution in [0, 0.1) is 18.6 Å². The number of sulfonamides is 1. The fourth-order valence-electron chi connectivity index (χ4n) is 1.68. The van der Waals surface area contributed by atoms with Crippen LogP contribution in [-0.2, 0) is 10.0 Å². The Kier molecular flexibility index (Phi) is 3.63. The maximum absolute atomic E-state index is 13.4. The van der Waals surface area contributed by atoms with Crippen molar-refractivity contribution in [3.8, 4) is 0 Å². The Balaban J connectivity index is 2.44. The van der Waals surface area contributed by atoms with Crippen molar-refractivity contribution in [2.45, 2.75) is 11.8 Å². The van der Waals surface area contributed by atoms with Crippen molar-refractivity contribution >= 4 is 21.4 Å². The van der Waals surface area contributed by atoms with E-state index >= 15 is 0 Å². The Labute approximate surface area is 115 Å². The highest BCUT2D eigenvalue weighted by Crippen LogP contribution is 2.24. The molecule has 2 aromatic carbocycles. The lowest BCUT2D eigenvalue weighted by atomic mass is 10.2. The van der Waals surface area contributed by atoms with Crippen LogP contribution in [0.2, 0.25) is 0 Å². The molecule has 0 aliphatic rings. The predicted molar refractivity (Wildman–Crippen MR) is 72.8 cm³/mol. The molecule has 20 heavy (non-hydrogen) atoms. The Morgan fingerprint density at radius 1 is 1.15 bits per heavy atom. The predicted octanol–water partition coefficient (Wildman–Crippen LogP) is 2.66. The smallest absolute Gasteiger partial charge is 0.263 e. The summed E-state index contributed by atoms with van der Waals surface area (Å²) < 4.78 is 52.9. The Morgan fingerprint density at radius 2 is 1.85 bits per heavy atom. The van der Waals surface area contributed by atoms with Gasteiger partial charge < -0.3 is 5.73 Å². The number of anilines is 2. The molecular weight excluding hydrogens is 286 g/mol. The van der Waals surface area contributed by atoms with Crippen LogP contribution >= 0.6 is 0 Å². The van der Waals surface area contributed by atoms with Crippen molar-refractivity contribution in [2.24, 2.45) is 0 Å². The molecule has 0 aliphatic heterocycles. The third-order valence-corrected chi connectivity index (χ3v) is 4.21. The van der Waals surface area contributed by atoms with Crippen molar-refractivity contribution < 1.29 is 17.2 Å². The molecule has 4 nitrogen and oxygen atoms in total. The summed E-state index contributed by atoms with van der Waals surface area (Å²) in [7, 11) is -4.01. The summed E-state index contributed by atoms with van der Waals surface area (Å²) in [4.78, 5) is -0.262. The van der Waals surface area contributed by atoms with Crippen LogP contribution in [-0.4, -0.2) is 8.42 Å². The van der Waals surface area contributed by atoms with Gasteiger partial charge in [0.05, 0.1) is 11.4 Å². The molecule has 0 aromatic heterocycles. The number of benzene rings is 2. The topological polar surface area (TPSA) is 72.2 Å². The fraction of sp³-hybridized carbons (Fsp3) is 0.0769. The highest BCUT2D eigenvalue weighted by Gasteiger charge is 2.19. The molecule has 0 heterocycles. The van der Waals surface area contributed by atoms with Crippen molar-refractivity contribution in [3.05, 3.63) is 53.6 Å². The van der Waals surface area contributed by atoms with Crippen LogP contribution in [0.3, 0.4) is 0 Å². The minimum atomic E-state index is -4.01. The van der Waals surface area contributed by atoms with E-state index in [1.54, 1.807) is 0 Å². The van der Waals surface area contributed by atoms with Gasteiger partial charge in [-0.1, -0.05) is 6.07 Å². The largest absolute Gasteiger partial charge is 0.398 e. The first kappa shape index (κ1) is 14.3. The second-order valence-corrected chi connectivity index (χ2v) is 5.85. The summed E-state index contributed by atoms with van der Waals surface area (Å²) in [6.45, 7) is 1.45. The van der Waals surface area contributed by atoms with E-state index in [0.29, 0.717) is 0 Å². The summed E-state index contributed by atoms with van der Waals surface area (Å²) in [6, 6.07) is 6.99. The van der Waals surface area contributed by atoms with E-state index in [0.717, 1.165) is 18.2 Å². The molecule has 0 unspecified atom stereocenters. The molecule has 0 atom stereocenters. The number of rotatable bonds is 3. The van der Waals surface area contributed by atoms with E-state index in [1.807, 2.05) is 0 Å². The number of hydrogen-bond donors (Lipinski definition) is 2. The van der Waals surface area contributed by atoms with Gasteiger partial charge in [0.1, 0.15) is 16.5 Å². The second kappa shape index (κ2) is 5.09. The lowest BCUT2D eigenvalue weighted by Gasteiger charge is -2.12. The number of halogens is 2. The molecular formula is C13H12F2N2O2S. The summed E-state index contributed by atoms with van der Waals surface area (Å²) in [6.07, 6.45) is 0. The van der Waals surface area contributed by atoms with Gasteiger partial charge in [-0.3, -0.25) is 4.72 Å². The molecule has 3 N–H and O–H groups in total. The van der Waals surface area contributed by atoms with Gasteiger partial charge in [0.25, 0.3) is 10.0 Å². The maximum Gasteiger partial charge on any atom is 0.263 e. The Bertz CT molecular complexity index is 761. The van der Waals surface area contributed by atoms with Crippen LogP contribution in [0.1, 0.15) is 5.56 Å². The molecule has 106 valence electrons. The van der Waals surface area contributed by atoms with E-state index in [4.69, 9.17) is 5.73 Å². The first-order chi connectivity index (χ1) is 9.31. The van der Waals surface area contributed by atoms with Crippen molar-refractivity contribution in [3.63, 3.8) is 0 Å². The highest BCUT2D eigenvalue weighted by atomic mass is 32.2. The van der Waals surface area contributed by atoms with Gasteiger partial charge in [-0.25, -0.2) is 17.2 Å². The van der Waals surface area contributed by atoms with Gasteiger partial charge in [0.2, 0.25) is 0 Å². The fourth-order valence-corrected chi connectivity index (χ4v) is 2.92. The Hall–Kier alpha value is -2.15. The summed E-state index contributed by atoms with van der Waals surface area (Å²) in [5.74, 6) is -1.17. The summed E-state index contributed by atoms with van der Waals surface area (Å²) >= 11 is 0. The standard InChI is InChI=1S/C13H12F2N2O2S/c1-8-10(15)3-2-4-12(8)17-20(18,19)13-6-5-9(14)7-11(13)16/h2-7,17H,16H2,1H3. The Morgan fingerprint density at radius 3 is 2.50 bits per heavy atom. The normalized spacial score (nSPS) is 11.3. The van der Waals surface area contributed by atoms with Crippen LogP contribution < -0.4 is 10.5 Å². The number of nitrogen functional groups attached to an aromatic ring is 1. The average Bonchev–Trinajstić information content (AvgIpc) is 2.34. The number of hydrogen-bond acceptors (Lipinski definition) is 3. The van der Waals surface area contributed by atoms with E-state index in [1.165, 1.54) is 25.1 Å². The first-order valence-electron chi connectivity index (χ1n) is 5.64. The van der Waals surface area contributed by atoms with Gasteiger partial charge in [-0.2, -0.15) is 0 Å². The van der Waals surface area contributed by atoms with Crippen LogP contribution in [0.25, 0.3) is 0 Å². The molecule has 0 radical (unpaired) electrons. The number of nitrogens with two attached hydrogens (primary N) is 1. The van der Waals surface area contributed by atoms with Crippen molar-refractivity contribution in [1.29, 1.82) is 0 Å². The zero-order chi connectivity index (χ0) is 14.9. The monoisotopic (exact) mass is 298 g/mol. The SMILES string of the molecule is Cc1c(F)cccc1NS(=O)(=O)c1ccc(F)cc1N. The average molecular weight is 298 g/mol. The van der Waals surface area contributed by atoms with Crippen LogP contribution in [0.5, 0.6) is 0 Å². The lowest BCUT2D eigenvalue weighted by molar-refractivity contribution is 0.600. The highest BCUT2D eigenvalue weighted by molar-refractivity contribution is 7.92. The summed E-state index contributed by atoms with van der Waals surface area (Å²) in [5, 5.41) is 0. The molecule has 0 saturated heterocycles. The van der Waals surface area contributed by atoms with Gasteiger partial charge in [0, 0.05) is 5.56 Å². The van der Waals surface area contributed by atoms with Gasteiger partial charge in [-0.15, -0.1) is 0 Å². The third kappa shape index (κ3) is 2.72. The molecule has 2 rings (SSSR count). The van der Waals surface area contributed by atoms with Gasteiger partial charge >= 0.3 is 0 Å². The first-order valence-corrected chi connectivity index (χ1v) is 7.12. The third-order valence-electron chi connectivity index (χ3n) is 2.77. The van der Waals surface area contributed by atoms with E-state index in [2.05, 4.69) is 4.72 Å². The molecule has 0 amide bonds. The van der Waals surface area contributed by atoms with Crippen LogP contribution in [0.4, 0.5) is 20.2 Å². The molecule has 7 heteroatoms. The second-order valence-electron chi connectivity index (χ2n) is 4.20. The molecule has 0 fully saturated rings. The van der Waals surface area contributed by atoms with Crippen molar-refractivity contribution in [1.82, 2.24) is 0 Å². The summed E-state index contributed by atoms with van der Waals surface area (Å²) in [5.41, 5.74) is 5.55. The van der Waals surface area contributed by atoms with Crippen LogP contribution in [0.15, 0.2) is 41.3 Å². The molecule has 0 bridgehead atoms. The van der Waals surface area contributed by atoms with E-state index < -0.39 is 21.7 Å². The molecule has 0 spiro atoms. The van der Waals surface area contributed by atoms with Gasteiger partial charge in [0.15, 0.2) is 0 Å². The minimum Gasteiger partial charge on any atom is -0.398 e. The minimum absolute atomic E-state index is 0.105. The van der Waals surface area contributed by atoms with E-state index in [-0.39, 0.29) is 21.8 Å². The zero-order valence-electron chi connectivity index (χ0n) is 10.5. The van der Waals surface area contributed by atoms with E-state index in [9.17, 15) is 17.2 Å². The molecule has 2 aromatic rings. The zero-order valence-corrected chi connectivity index (χ0v) is 11.3. The quantitative estimate of drug-likeness (QED) is 0.856.